The van der Waals surface area contributed by atoms with Crippen molar-refractivity contribution in [2.45, 2.75) is 135 Å². The Kier molecular flexibility index (Phi) is 15.1. The molecule has 2 saturated heterocycles. The van der Waals surface area contributed by atoms with Gasteiger partial charge in [-0.05, 0) is 71.2 Å². The van der Waals surface area contributed by atoms with E-state index in [2.05, 4.69) is 11.8 Å². The van der Waals surface area contributed by atoms with Crippen LogP contribution in [-0.4, -0.2) is 125 Å². The summed E-state index contributed by atoms with van der Waals surface area (Å²) < 4.78 is 23.7. The summed E-state index contributed by atoms with van der Waals surface area (Å²) in [6.45, 7) is 17.2. The van der Waals surface area contributed by atoms with Crippen molar-refractivity contribution in [3.8, 4) is 0 Å². The Labute approximate surface area is 287 Å². The lowest BCUT2D eigenvalue weighted by atomic mass is 9.88. The number of carbonyl (C=O) groups is 2. The first kappa shape index (κ1) is 40.2. The molecule has 0 spiro atoms. The van der Waals surface area contributed by atoms with E-state index in [9.17, 15) is 24.9 Å². The number of epoxide rings is 1. The summed E-state index contributed by atoms with van der Waals surface area (Å²) >= 11 is 0. The van der Waals surface area contributed by atoms with Gasteiger partial charge in [-0.1, -0.05) is 52.0 Å². The molecule has 3 aliphatic rings. The Bertz CT molecular complexity index is 1140. The van der Waals surface area contributed by atoms with E-state index in [-0.39, 0.29) is 36.9 Å². The Morgan fingerprint density at radius 3 is 2.62 bits per heavy atom. The van der Waals surface area contributed by atoms with Crippen molar-refractivity contribution in [1.82, 2.24) is 9.80 Å². The van der Waals surface area contributed by atoms with Crippen molar-refractivity contribution in [1.29, 1.82) is 0 Å². The van der Waals surface area contributed by atoms with Gasteiger partial charge in [0.15, 0.2) is 6.10 Å². The van der Waals surface area contributed by atoms with Crippen molar-refractivity contribution >= 4 is 12.1 Å². The molecule has 10 atom stereocenters. The number of ether oxygens (including phenoxy) is 4. The van der Waals surface area contributed by atoms with Crippen LogP contribution in [0.1, 0.15) is 87.0 Å². The Balaban J connectivity index is 1.78. The van der Waals surface area contributed by atoms with Gasteiger partial charge in [-0.2, -0.15) is 0 Å². The molecular weight excluding hydrogens is 616 g/mol. The number of allylic oxidation sites excluding steroid dienone is 2. The van der Waals surface area contributed by atoms with E-state index in [0.717, 1.165) is 31.6 Å². The molecule has 10 unspecified atom stereocenters. The fourth-order valence-corrected chi connectivity index (χ4v) is 6.66. The lowest BCUT2D eigenvalue weighted by Gasteiger charge is -2.36. The second-order valence-electron chi connectivity index (χ2n) is 14.5. The molecule has 2 fully saturated rings. The first-order valence-corrected chi connectivity index (χ1v) is 17.8. The minimum atomic E-state index is -1.14. The Morgan fingerprint density at radius 2 is 1.96 bits per heavy atom. The van der Waals surface area contributed by atoms with Gasteiger partial charge in [-0.25, -0.2) is 4.79 Å². The van der Waals surface area contributed by atoms with Crippen LogP contribution in [0.3, 0.4) is 0 Å². The quantitative estimate of drug-likeness (QED) is 0.125. The summed E-state index contributed by atoms with van der Waals surface area (Å²) in [5.41, 5.74) is -1.34. The van der Waals surface area contributed by atoms with Gasteiger partial charge < -0.3 is 44.1 Å². The van der Waals surface area contributed by atoms with Gasteiger partial charge in [-0.15, -0.1) is 0 Å². The fourth-order valence-electron chi connectivity index (χ4n) is 6.66. The first-order valence-electron chi connectivity index (χ1n) is 17.8. The van der Waals surface area contributed by atoms with E-state index in [4.69, 9.17) is 18.9 Å². The van der Waals surface area contributed by atoms with E-state index in [1.54, 1.807) is 31.1 Å². The average molecular weight is 679 g/mol. The summed E-state index contributed by atoms with van der Waals surface area (Å²) in [4.78, 5) is 30.4. The zero-order chi connectivity index (χ0) is 35.6. The molecule has 48 heavy (non-hydrogen) atoms. The predicted octanol–water partition coefficient (Wildman–Crippen LogP) is 4.39. The van der Waals surface area contributed by atoms with Gasteiger partial charge in [0.25, 0.3) is 0 Å². The first-order chi connectivity index (χ1) is 22.6. The molecule has 274 valence electrons. The second-order valence-corrected chi connectivity index (χ2v) is 14.5. The zero-order valence-electron chi connectivity index (χ0n) is 30.5. The number of aliphatic hydroxyl groups is 3. The van der Waals surface area contributed by atoms with Gasteiger partial charge >= 0.3 is 12.1 Å². The summed E-state index contributed by atoms with van der Waals surface area (Å²) in [5, 5.41) is 32.0. The lowest BCUT2D eigenvalue weighted by molar-refractivity contribution is -0.151. The molecule has 3 rings (SSSR count). The minimum absolute atomic E-state index is 0.00305. The molecule has 0 bridgehead atoms. The third-order valence-electron chi connectivity index (χ3n) is 10.3. The molecule has 0 aromatic heterocycles. The van der Waals surface area contributed by atoms with Crippen LogP contribution >= 0.6 is 0 Å². The third kappa shape index (κ3) is 11.7. The second kappa shape index (κ2) is 18.1. The number of methoxy groups -OCH3 is 1. The number of rotatable bonds is 11. The highest BCUT2D eigenvalue weighted by atomic mass is 16.6. The van der Waals surface area contributed by atoms with E-state index >= 15 is 0 Å². The molecule has 3 N–H and O–H groups in total. The van der Waals surface area contributed by atoms with Gasteiger partial charge in [0.2, 0.25) is 0 Å². The van der Waals surface area contributed by atoms with E-state index < -0.39 is 47.7 Å². The number of esters is 1. The van der Waals surface area contributed by atoms with Gasteiger partial charge in [0.1, 0.15) is 11.7 Å². The number of aliphatic hydroxyl groups excluding tert-OH is 2. The van der Waals surface area contributed by atoms with Crippen LogP contribution in [0.2, 0.25) is 0 Å². The number of nitrogens with zero attached hydrogens (tertiary/aromatic N) is 2. The third-order valence-corrected chi connectivity index (χ3v) is 10.3. The average Bonchev–Trinajstić information content (AvgIpc) is 3.84. The molecular formula is C37H62N2O9. The maximum absolute atomic E-state index is 13.4. The SMILES string of the molecule is CCC(O)C(C)C1OC1CC(C)(O)/C=C/C=C(\C)C1OC(=O)CC(O)CCC(C)(OC)C(OC(=O)N2CCCN(CC)CC2)/C=C/C1C. The number of cyclic esters (lactones) is 1. The highest BCUT2D eigenvalue weighted by Gasteiger charge is 2.47. The zero-order valence-corrected chi connectivity index (χ0v) is 30.5. The Hall–Kier alpha value is -2.28. The molecule has 0 saturated carbocycles. The largest absolute Gasteiger partial charge is 0.457 e. The van der Waals surface area contributed by atoms with Gasteiger partial charge in [0.05, 0.1) is 36.4 Å². The Morgan fingerprint density at radius 1 is 1.23 bits per heavy atom. The van der Waals surface area contributed by atoms with Crippen LogP contribution in [0.5, 0.6) is 0 Å². The molecule has 3 heterocycles. The number of hydrogen-bond acceptors (Lipinski definition) is 10. The maximum Gasteiger partial charge on any atom is 0.410 e. The van der Waals surface area contributed by atoms with Crippen LogP contribution in [0.25, 0.3) is 0 Å². The molecule has 11 heteroatoms. The van der Waals surface area contributed by atoms with E-state index in [1.165, 1.54) is 0 Å². The van der Waals surface area contributed by atoms with Crippen molar-refractivity contribution < 1.29 is 43.9 Å². The monoisotopic (exact) mass is 678 g/mol. The molecule has 0 aromatic carbocycles. The maximum atomic E-state index is 13.4. The number of carbonyl (C=O) groups excluding carboxylic acids is 2. The van der Waals surface area contributed by atoms with Crippen LogP contribution in [0.4, 0.5) is 4.79 Å². The lowest BCUT2D eigenvalue weighted by Crippen LogP contribution is -2.47. The predicted molar refractivity (Wildman–Crippen MR) is 184 cm³/mol. The van der Waals surface area contributed by atoms with Gasteiger partial charge in [0, 0.05) is 45.0 Å². The number of hydrogen-bond donors (Lipinski definition) is 3. The highest BCUT2D eigenvalue weighted by Crippen LogP contribution is 2.37. The van der Waals surface area contributed by atoms with E-state index in [1.807, 2.05) is 52.8 Å². The number of likely N-dealkylation sites (N-methyl/N-ethyl adjacent to an activating group) is 1. The van der Waals surface area contributed by atoms with Crippen LogP contribution in [-0.2, 0) is 23.7 Å². The number of amides is 1. The van der Waals surface area contributed by atoms with Crippen LogP contribution < -0.4 is 0 Å². The molecule has 0 aromatic rings. The summed E-state index contributed by atoms with van der Waals surface area (Å²) in [7, 11) is 1.57. The molecule has 3 aliphatic heterocycles. The smallest absolute Gasteiger partial charge is 0.410 e. The molecule has 1 amide bonds. The summed E-state index contributed by atoms with van der Waals surface area (Å²) in [6.07, 6.45) is 7.89. The van der Waals surface area contributed by atoms with Crippen LogP contribution in [0, 0.1) is 11.8 Å². The molecule has 0 radical (unpaired) electrons. The molecule has 11 nitrogen and oxygen atoms in total. The van der Waals surface area contributed by atoms with E-state index in [0.29, 0.717) is 32.4 Å². The van der Waals surface area contributed by atoms with Crippen molar-refractivity contribution in [2.24, 2.45) is 11.8 Å². The topological polar surface area (TPSA) is 142 Å². The van der Waals surface area contributed by atoms with Crippen LogP contribution in [0.15, 0.2) is 36.0 Å². The van der Waals surface area contributed by atoms with Crippen molar-refractivity contribution in [3.05, 3.63) is 36.0 Å². The fraction of sp³-hybridized carbons (Fsp3) is 0.784. The molecule has 0 aliphatic carbocycles. The van der Waals surface area contributed by atoms with Crippen molar-refractivity contribution in [3.63, 3.8) is 0 Å². The summed E-state index contributed by atoms with van der Waals surface area (Å²) in [6, 6.07) is 0. The van der Waals surface area contributed by atoms with Crippen molar-refractivity contribution in [2.75, 3.05) is 39.8 Å². The minimum Gasteiger partial charge on any atom is -0.457 e. The standard InChI is InChI=1S/C37H62N2O9/c1-9-29(41)27(5)34-30(46-34)24-36(6,44)17-11-13-25(3)33-26(4)14-15-31(37(7,45-8)18-16-28(40)23-32(42)48-33)47-35(43)39-20-12-19-38(10-2)21-22-39/h11,13-15,17,26-31,33-34,40-41,44H,9-10,12,16,18-24H2,1-8H3/b15-14+,17-11+,25-13+. The highest BCUT2D eigenvalue weighted by molar-refractivity contribution is 5.70. The summed E-state index contributed by atoms with van der Waals surface area (Å²) in [5.74, 6) is -0.833. The van der Waals surface area contributed by atoms with Gasteiger partial charge in [-0.3, -0.25) is 4.79 Å². The normalized spacial score (nSPS) is 34.6.